The highest BCUT2D eigenvalue weighted by atomic mass is 16.5. The first-order valence-electron chi connectivity index (χ1n) is 7.46. The van der Waals surface area contributed by atoms with E-state index in [0.717, 1.165) is 25.3 Å². The molecule has 0 spiro atoms. The van der Waals surface area contributed by atoms with E-state index in [1.165, 1.54) is 32.1 Å². The molecular formula is C15H31NO2. The lowest BCUT2D eigenvalue weighted by Gasteiger charge is -2.08. The summed E-state index contributed by atoms with van der Waals surface area (Å²) in [6, 6.07) is 0. The van der Waals surface area contributed by atoms with E-state index in [9.17, 15) is 4.79 Å². The number of methoxy groups -OCH3 is 1. The summed E-state index contributed by atoms with van der Waals surface area (Å²) < 4.78 is 4.91. The maximum absolute atomic E-state index is 11.4. The quantitative estimate of drug-likeness (QED) is 0.543. The highest BCUT2D eigenvalue weighted by Gasteiger charge is 2.00. The second-order valence-electron chi connectivity index (χ2n) is 5.16. The molecule has 108 valence electrons. The van der Waals surface area contributed by atoms with Gasteiger partial charge in [-0.05, 0) is 18.8 Å². The van der Waals surface area contributed by atoms with Crippen molar-refractivity contribution in [2.45, 2.75) is 65.2 Å². The zero-order chi connectivity index (χ0) is 13.6. The standard InChI is InChI=1S/C15H31NO2/c1-4-14(2)10-7-5-6-8-12-16-15(17)11-9-13-18-3/h14H,4-13H2,1-3H3,(H,16,17). The van der Waals surface area contributed by atoms with Crippen LogP contribution in [0.5, 0.6) is 0 Å². The number of carbonyl (C=O) groups is 1. The molecule has 0 aromatic heterocycles. The van der Waals surface area contributed by atoms with Crippen LogP contribution in [0.1, 0.15) is 65.2 Å². The van der Waals surface area contributed by atoms with Crippen LogP contribution in [0.3, 0.4) is 0 Å². The molecule has 3 nitrogen and oxygen atoms in total. The minimum Gasteiger partial charge on any atom is -0.385 e. The van der Waals surface area contributed by atoms with Gasteiger partial charge in [0.15, 0.2) is 0 Å². The van der Waals surface area contributed by atoms with Crippen LogP contribution in [0.2, 0.25) is 0 Å². The topological polar surface area (TPSA) is 38.3 Å². The summed E-state index contributed by atoms with van der Waals surface area (Å²) in [5.74, 6) is 1.03. The number of rotatable bonds is 12. The van der Waals surface area contributed by atoms with Crippen LogP contribution in [0, 0.1) is 5.92 Å². The molecule has 1 amide bonds. The molecule has 0 aromatic carbocycles. The maximum atomic E-state index is 11.4. The fraction of sp³-hybridized carbons (Fsp3) is 0.933. The van der Waals surface area contributed by atoms with E-state index in [2.05, 4.69) is 19.2 Å². The van der Waals surface area contributed by atoms with E-state index >= 15 is 0 Å². The van der Waals surface area contributed by atoms with Crippen LogP contribution in [-0.4, -0.2) is 26.2 Å². The zero-order valence-corrected chi connectivity index (χ0v) is 12.5. The van der Waals surface area contributed by atoms with Crippen molar-refractivity contribution in [1.29, 1.82) is 0 Å². The highest BCUT2D eigenvalue weighted by Crippen LogP contribution is 2.12. The molecule has 0 aliphatic carbocycles. The van der Waals surface area contributed by atoms with E-state index in [1.807, 2.05) is 0 Å². The van der Waals surface area contributed by atoms with Crippen molar-refractivity contribution in [3.8, 4) is 0 Å². The average molecular weight is 257 g/mol. The third kappa shape index (κ3) is 11.9. The van der Waals surface area contributed by atoms with Gasteiger partial charge in [-0.15, -0.1) is 0 Å². The number of carbonyl (C=O) groups excluding carboxylic acids is 1. The Morgan fingerprint density at radius 3 is 2.56 bits per heavy atom. The molecule has 1 unspecified atom stereocenters. The molecule has 18 heavy (non-hydrogen) atoms. The Morgan fingerprint density at radius 2 is 1.89 bits per heavy atom. The van der Waals surface area contributed by atoms with Crippen molar-refractivity contribution in [1.82, 2.24) is 5.32 Å². The number of ether oxygens (including phenoxy) is 1. The molecule has 0 aromatic rings. The summed E-state index contributed by atoms with van der Waals surface area (Å²) in [6.45, 7) is 6.07. The Balaban J connectivity index is 3.17. The van der Waals surface area contributed by atoms with E-state index in [4.69, 9.17) is 4.74 Å². The summed E-state index contributed by atoms with van der Waals surface area (Å²) >= 11 is 0. The van der Waals surface area contributed by atoms with Gasteiger partial charge in [0.25, 0.3) is 0 Å². The molecule has 0 radical (unpaired) electrons. The molecule has 0 rings (SSSR count). The van der Waals surface area contributed by atoms with E-state index in [-0.39, 0.29) is 5.91 Å². The van der Waals surface area contributed by atoms with E-state index < -0.39 is 0 Å². The van der Waals surface area contributed by atoms with Gasteiger partial charge >= 0.3 is 0 Å². The van der Waals surface area contributed by atoms with Gasteiger partial charge in [-0.25, -0.2) is 0 Å². The van der Waals surface area contributed by atoms with Crippen molar-refractivity contribution in [3.05, 3.63) is 0 Å². The predicted octanol–water partition coefficient (Wildman–Crippen LogP) is 3.53. The van der Waals surface area contributed by atoms with Crippen LogP contribution in [-0.2, 0) is 9.53 Å². The molecule has 3 heteroatoms. The van der Waals surface area contributed by atoms with Gasteiger partial charge in [-0.1, -0.05) is 46.0 Å². The summed E-state index contributed by atoms with van der Waals surface area (Å²) in [4.78, 5) is 11.4. The van der Waals surface area contributed by atoms with Gasteiger partial charge in [0.1, 0.15) is 0 Å². The third-order valence-corrected chi connectivity index (χ3v) is 3.40. The second kappa shape index (κ2) is 12.9. The van der Waals surface area contributed by atoms with Gasteiger partial charge in [0.2, 0.25) is 5.91 Å². The minimum absolute atomic E-state index is 0.159. The third-order valence-electron chi connectivity index (χ3n) is 3.40. The number of nitrogens with one attached hydrogen (secondary N) is 1. The molecule has 0 saturated heterocycles. The van der Waals surface area contributed by atoms with Gasteiger partial charge in [0.05, 0.1) is 0 Å². The summed E-state index contributed by atoms with van der Waals surface area (Å²) in [5, 5.41) is 2.96. The number of unbranched alkanes of at least 4 members (excludes halogenated alkanes) is 3. The largest absolute Gasteiger partial charge is 0.385 e. The molecule has 1 N–H and O–H groups in total. The first-order chi connectivity index (χ1) is 8.70. The SMILES string of the molecule is CCC(C)CCCCCCNC(=O)CCCOC. The van der Waals surface area contributed by atoms with Crippen molar-refractivity contribution < 1.29 is 9.53 Å². The van der Waals surface area contributed by atoms with E-state index in [0.29, 0.717) is 13.0 Å². The Labute approximate surface area is 113 Å². The van der Waals surface area contributed by atoms with Crippen LogP contribution in [0.4, 0.5) is 0 Å². The summed E-state index contributed by atoms with van der Waals surface area (Å²) in [7, 11) is 1.66. The molecule has 0 heterocycles. The van der Waals surface area contributed by atoms with E-state index in [1.54, 1.807) is 7.11 Å². The molecule has 0 aliphatic rings. The van der Waals surface area contributed by atoms with Gasteiger partial charge < -0.3 is 10.1 Å². The number of amides is 1. The smallest absolute Gasteiger partial charge is 0.220 e. The van der Waals surface area contributed by atoms with Crippen molar-refractivity contribution in [2.75, 3.05) is 20.3 Å². The summed E-state index contributed by atoms with van der Waals surface area (Å²) in [5.41, 5.74) is 0. The lowest BCUT2D eigenvalue weighted by molar-refractivity contribution is -0.121. The lowest BCUT2D eigenvalue weighted by Crippen LogP contribution is -2.24. The average Bonchev–Trinajstić information content (AvgIpc) is 2.37. The second-order valence-corrected chi connectivity index (χ2v) is 5.16. The van der Waals surface area contributed by atoms with Crippen LogP contribution >= 0.6 is 0 Å². The van der Waals surface area contributed by atoms with Crippen LogP contribution in [0.15, 0.2) is 0 Å². The molecule has 0 fully saturated rings. The Bertz CT molecular complexity index is 195. The van der Waals surface area contributed by atoms with Gasteiger partial charge in [0, 0.05) is 26.7 Å². The molecule has 0 bridgehead atoms. The molecule has 1 atom stereocenters. The highest BCUT2D eigenvalue weighted by molar-refractivity contribution is 5.75. The maximum Gasteiger partial charge on any atom is 0.220 e. The Hall–Kier alpha value is -0.570. The van der Waals surface area contributed by atoms with Crippen LogP contribution < -0.4 is 5.32 Å². The molecular weight excluding hydrogens is 226 g/mol. The number of hydrogen-bond acceptors (Lipinski definition) is 2. The van der Waals surface area contributed by atoms with Crippen molar-refractivity contribution in [2.24, 2.45) is 5.92 Å². The molecule has 0 aliphatic heterocycles. The Kier molecular flexibility index (Phi) is 12.5. The van der Waals surface area contributed by atoms with Gasteiger partial charge in [-0.2, -0.15) is 0 Å². The number of hydrogen-bond donors (Lipinski definition) is 1. The Morgan fingerprint density at radius 1 is 1.17 bits per heavy atom. The normalized spacial score (nSPS) is 12.4. The zero-order valence-electron chi connectivity index (χ0n) is 12.5. The summed E-state index contributed by atoms with van der Waals surface area (Å²) in [6.07, 6.45) is 9.00. The fourth-order valence-electron chi connectivity index (χ4n) is 1.87. The predicted molar refractivity (Wildman–Crippen MR) is 76.7 cm³/mol. The van der Waals surface area contributed by atoms with Crippen molar-refractivity contribution >= 4 is 5.91 Å². The lowest BCUT2D eigenvalue weighted by atomic mass is 10.0. The molecule has 0 saturated carbocycles. The minimum atomic E-state index is 0.159. The van der Waals surface area contributed by atoms with Crippen LogP contribution in [0.25, 0.3) is 0 Å². The van der Waals surface area contributed by atoms with Crippen molar-refractivity contribution in [3.63, 3.8) is 0 Å². The van der Waals surface area contributed by atoms with Gasteiger partial charge in [-0.3, -0.25) is 4.79 Å². The first kappa shape index (κ1) is 17.4. The first-order valence-corrected chi connectivity index (χ1v) is 7.46. The fourth-order valence-corrected chi connectivity index (χ4v) is 1.87. The monoisotopic (exact) mass is 257 g/mol.